The van der Waals surface area contributed by atoms with Crippen molar-refractivity contribution in [2.24, 2.45) is 0 Å². The fraction of sp³-hybridized carbons (Fsp3) is 0.318. The van der Waals surface area contributed by atoms with E-state index in [0.29, 0.717) is 44.8 Å². The molecule has 14 heteroatoms. The van der Waals surface area contributed by atoms with Crippen LogP contribution in [0.2, 0.25) is 5.82 Å². The largest absolute Gasteiger partial charge is 0.298 e. The molecule has 1 saturated carbocycles. The first-order chi connectivity index (χ1) is 27.3. The van der Waals surface area contributed by atoms with Gasteiger partial charge in [-0.3, -0.25) is 4.84 Å². The van der Waals surface area contributed by atoms with Crippen LogP contribution in [0.4, 0.5) is 43.9 Å². The molecule has 0 N–H and O–H groups in total. The van der Waals surface area contributed by atoms with Crippen LogP contribution in [0, 0.1) is 99.7 Å². The van der Waals surface area contributed by atoms with Crippen LogP contribution in [0.5, 0.6) is 0 Å². The van der Waals surface area contributed by atoms with Gasteiger partial charge in [0, 0.05) is 0 Å². The number of halogens is 10. The molecule has 1 aliphatic carbocycles. The van der Waals surface area contributed by atoms with Crippen LogP contribution in [-0.4, -0.2) is 16.7 Å². The first kappa shape index (κ1) is 42.0. The molecule has 7 rings (SSSR count). The van der Waals surface area contributed by atoms with Gasteiger partial charge in [-0.2, -0.15) is 0 Å². The average molecular weight is 832 g/mol. The molecule has 2 fully saturated rings. The molecule has 3 atom stereocenters. The third-order valence-electron chi connectivity index (χ3n) is 12.4. The summed E-state index contributed by atoms with van der Waals surface area (Å²) in [6, 6.07) is 15.7. The van der Waals surface area contributed by atoms with Crippen molar-refractivity contribution in [2.45, 2.75) is 91.7 Å². The van der Waals surface area contributed by atoms with E-state index in [1.54, 1.807) is 58.0 Å². The van der Waals surface area contributed by atoms with Crippen LogP contribution in [-0.2, 0) is 4.84 Å². The lowest BCUT2D eigenvalue weighted by atomic mass is 9.20. The van der Waals surface area contributed by atoms with E-state index in [0.717, 1.165) is 15.9 Å². The van der Waals surface area contributed by atoms with Gasteiger partial charge >= 0.3 is 0 Å². The second kappa shape index (κ2) is 15.1. The molecule has 5 aromatic carbocycles. The molecule has 5 aromatic rings. The molecule has 58 heavy (non-hydrogen) atoms. The fourth-order valence-electron chi connectivity index (χ4n) is 10.8. The van der Waals surface area contributed by atoms with Gasteiger partial charge in [-0.1, -0.05) is 84.4 Å². The molecule has 1 aliphatic heterocycles. The summed E-state index contributed by atoms with van der Waals surface area (Å²) in [5.41, 5.74) is 0.207. The summed E-state index contributed by atoms with van der Waals surface area (Å²) >= 11 is 0. The highest BCUT2D eigenvalue weighted by Crippen LogP contribution is 2.79. The lowest BCUT2D eigenvalue weighted by Crippen LogP contribution is -2.73. The molecule has 0 amide bonds. The number of rotatable bonds is 7. The number of aryl methyl sites for hydroxylation is 6. The highest BCUT2D eigenvalue weighted by Gasteiger charge is 2.75. The summed E-state index contributed by atoms with van der Waals surface area (Å²) in [5.74, 6) is -26.2. The maximum Gasteiger partial charge on any atom is 0.212 e. The zero-order chi connectivity index (χ0) is 42.3. The fourth-order valence-corrected chi connectivity index (χ4v) is 17.5. The highest BCUT2D eigenvalue weighted by atomic mass is 31.2. The Morgan fingerprint density at radius 1 is 0.552 bits per heavy atom. The Hall–Kier alpha value is -4.19. The number of nitrogens with zero attached hydrogens (tertiary/aromatic N) is 1. The number of hydrogen-bond donors (Lipinski definition) is 0. The zero-order valence-electron chi connectivity index (χ0n) is 32.9. The molecule has 2 aliphatic rings. The van der Waals surface area contributed by atoms with Crippen molar-refractivity contribution in [2.75, 3.05) is 0 Å². The Kier molecular flexibility index (Phi) is 10.9. The molecular weight excluding hydrogens is 790 g/mol. The predicted octanol–water partition coefficient (Wildman–Crippen LogP) is 10.9. The van der Waals surface area contributed by atoms with Crippen molar-refractivity contribution in [1.82, 2.24) is 4.74 Å². The van der Waals surface area contributed by atoms with Gasteiger partial charge < -0.3 is 0 Å². The molecule has 0 radical (unpaired) electrons. The SMILES string of the molecule is Cc1cc(C)c([P+]2(c3c(C)cc(C)cc3C)[C@@H]3CCCC[C@H]3[B-](c3c(F)c(F)c(F)c(F)c3F)(c3c(F)c(F)c(F)c(F)c3F)N2O[C@@H](C)c2ccccc2)c(C)c1. The Balaban J connectivity index is 1.85. The van der Waals surface area contributed by atoms with Crippen molar-refractivity contribution in [3.8, 4) is 0 Å². The van der Waals surface area contributed by atoms with E-state index in [1.165, 1.54) is 6.92 Å². The summed E-state index contributed by atoms with van der Waals surface area (Å²) in [6.45, 7) is 12.4. The van der Waals surface area contributed by atoms with Crippen LogP contribution < -0.4 is 21.5 Å². The molecule has 1 saturated heterocycles. The Labute approximate surface area is 331 Å². The first-order valence-corrected chi connectivity index (χ1v) is 20.9. The van der Waals surface area contributed by atoms with E-state index in [9.17, 15) is 0 Å². The third kappa shape index (κ3) is 5.88. The number of benzene rings is 5. The van der Waals surface area contributed by atoms with Crippen molar-refractivity contribution in [3.05, 3.63) is 152 Å². The number of fused-ring (bicyclic) bond motifs is 1. The van der Waals surface area contributed by atoms with E-state index in [1.807, 2.05) is 38.1 Å². The van der Waals surface area contributed by atoms with Crippen LogP contribution in [0.25, 0.3) is 0 Å². The van der Waals surface area contributed by atoms with E-state index in [2.05, 4.69) is 0 Å². The normalized spacial score (nSPS) is 19.4. The Morgan fingerprint density at radius 2 is 0.914 bits per heavy atom. The maximum atomic E-state index is 17.1. The molecule has 0 unspecified atom stereocenters. The summed E-state index contributed by atoms with van der Waals surface area (Å²) in [5, 5.41) is 1.09. The number of hydrogen-bond acceptors (Lipinski definition) is 2. The van der Waals surface area contributed by atoms with Crippen molar-refractivity contribution in [3.63, 3.8) is 0 Å². The molecular formula is C44H41BF10NOP. The summed E-state index contributed by atoms with van der Waals surface area (Å²) in [6.07, 6.45) is -5.00. The smallest absolute Gasteiger partial charge is 0.212 e. The van der Waals surface area contributed by atoms with Crippen molar-refractivity contribution < 1.29 is 48.7 Å². The van der Waals surface area contributed by atoms with E-state index in [4.69, 9.17) is 4.84 Å². The van der Waals surface area contributed by atoms with Crippen LogP contribution in [0.15, 0.2) is 54.6 Å². The lowest BCUT2D eigenvalue weighted by Gasteiger charge is -2.50. The maximum absolute atomic E-state index is 17.1. The van der Waals surface area contributed by atoms with Gasteiger partial charge in [-0.05, 0) is 89.1 Å². The molecule has 0 bridgehead atoms. The zero-order valence-corrected chi connectivity index (χ0v) is 33.8. The minimum absolute atomic E-state index is 0.154. The second-order valence-electron chi connectivity index (χ2n) is 16.0. The molecule has 0 aromatic heterocycles. The van der Waals surface area contributed by atoms with Gasteiger partial charge in [0.1, 0.15) is 47.4 Å². The van der Waals surface area contributed by atoms with Gasteiger partial charge in [0.25, 0.3) is 0 Å². The van der Waals surface area contributed by atoms with Gasteiger partial charge in [-0.25, -0.2) is 48.6 Å². The van der Waals surface area contributed by atoms with Crippen LogP contribution in [0.3, 0.4) is 0 Å². The minimum Gasteiger partial charge on any atom is -0.298 e. The Bertz CT molecular complexity index is 2250. The molecule has 1 heterocycles. The lowest BCUT2D eigenvalue weighted by molar-refractivity contribution is -0.0728. The van der Waals surface area contributed by atoms with E-state index in [-0.39, 0.29) is 19.3 Å². The third-order valence-corrected chi connectivity index (χ3v) is 17.9. The van der Waals surface area contributed by atoms with Gasteiger partial charge in [0.15, 0.2) is 34.9 Å². The summed E-state index contributed by atoms with van der Waals surface area (Å²) in [4.78, 5) is 7.03. The first-order valence-electron chi connectivity index (χ1n) is 19.1. The van der Waals surface area contributed by atoms with Crippen LogP contribution >= 0.6 is 7.41 Å². The van der Waals surface area contributed by atoms with Gasteiger partial charge in [0.2, 0.25) is 6.28 Å². The molecule has 0 spiro atoms. The van der Waals surface area contributed by atoms with Gasteiger partial charge in [0.05, 0.1) is 5.66 Å². The summed E-state index contributed by atoms with van der Waals surface area (Å²) < 4.78 is 163. The molecule has 2 nitrogen and oxygen atoms in total. The van der Waals surface area contributed by atoms with Crippen molar-refractivity contribution in [1.29, 1.82) is 0 Å². The topological polar surface area (TPSA) is 12.5 Å². The second-order valence-corrected chi connectivity index (χ2v) is 19.3. The minimum atomic E-state index is -4.54. The van der Waals surface area contributed by atoms with Gasteiger partial charge in [-0.15, -0.1) is 10.9 Å². The highest BCUT2D eigenvalue weighted by molar-refractivity contribution is 7.91. The molecule has 306 valence electrons. The summed E-state index contributed by atoms with van der Waals surface area (Å²) in [7, 11) is -3.98. The Morgan fingerprint density at radius 3 is 1.31 bits per heavy atom. The standard InChI is InChI=1S/C44H41BF10NOP/c1-21-17-23(3)43(24(4)18-21)58(44-25(5)19-22(2)20-26(44)6)30-16-12-11-15-29(30)45(31-33(46)37(50)41(54)38(51)34(31)47,32-35(48)39(52)42(55)40(53)36(32)49)56(58)57-27(7)28-13-9-8-10-14-28/h8-10,13-14,17-20,27,29-30H,11-12,15-16H2,1-7H3/t27-,29+,30+/m0/s1. The predicted molar refractivity (Wildman–Crippen MR) is 209 cm³/mol. The van der Waals surface area contributed by atoms with E-state index < -0.39 is 100 Å². The van der Waals surface area contributed by atoms with Crippen LogP contribution in [0.1, 0.15) is 77.7 Å². The quantitative estimate of drug-likeness (QED) is 0.0533. The monoisotopic (exact) mass is 831 g/mol. The average Bonchev–Trinajstić information content (AvgIpc) is 3.40. The van der Waals surface area contributed by atoms with Crippen molar-refractivity contribution >= 4 is 35.2 Å². The van der Waals surface area contributed by atoms with E-state index >= 15 is 43.9 Å².